The summed E-state index contributed by atoms with van der Waals surface area (Å²) in [5.41, 5.74) is 3.95. The Morgan fingerprint density at radius 3 is 2.31 bits per heavy atom. The van der Waals surface area contributed by atoms with E-state index in [0.717, 1.165) is 22.3 Å². The van der Waals surface area contributed by atoms with E-state index in [1.165, 1.54) is 23.1 Å². The number of benzene rings is 4. The van der Waals surface area contributed by atoms with Gasteiger partial charge in [-0.1, -0.05) is 84.9 Å². The lowest BCUT2D eigenvalue weighted by Gasteiger charge is -2.37. The Labute approximate surface area is 226 Å². The van der Waals surface area contributed by atoms with Crippen molar-refractivity contribution < 1.29 is 28.6 Å². The van der Waals surface area contributed by atoms with Crippen LogP contribution in [0.2, 0.25) is 0 Å². The zero-order valence-corrected chi connectivity index (χ0v) is 21.4. The lowest BCUT2D eigenvalue weighted by Crippen LogP contribution is -2.51. The zero-order valence-electron chi connectivity index (χ0n) is 21.4. The largest absolute Gasteiger partial charge is 0.488 e. The number of fused-ring (bicyclic) bond motifs is 1. The van der Waals surface area contributed by atoms with E-state index in [1.807, 2.05) is 49.4 Å². The van der Waals surface area contributed by atoms with Crippen LogP contribution in [0.25, 0.3) is 0 Å². The number of hydrogen-bond acceptors (Lipinski definition) is 4. The summed E-state index contributed by atoms with van der Waals surface area (Å²) in [6.45, 7) is 2.31. The number of carboxylic acid groups (broad SMARTS) is 1. The molecule has 1 heterocycles. The molecule has 0 fully saturated rings. The predicted molar refractivity (Wildman–Crippen MR) is 144 cm³/mol. The van der Waals surface area contributed by atoms with Crippen LogP contribution in [0.15, 0.2) is 97.1 Å². The summed E-state index contributed by atoms with van der Waals surface area (Å²) in [7, 11) is 0. The third-order valence-corrected chi connectivity index (χ3v) is 6.87. The molecule has 2 atom stereocenters. The molecule has 0 aliphatic carbocycles. The fraction of sp³-hybridized carbons (Fsp3) is 0.188. The van der Waals surface area contributed by atoms with Crippen molar-refractivity contribution in [3.05, 3.63) is 131 Å². The Morgan fingerprint density at radius 2 is 1.62 bits per heavy atom. The Morgan fingerprint density at radius 1 is 0.949 bits per heavy atom. The van der Waals surface area contributed by atoms with Gasteiger partial charge >= 0.3 is 5.97 Å². The maximum absolute atomic E-state index is 14.5. The second kappa shape index (κ2) is 11.4. The number of para-hydroxylation sites is 1. The van der Waals surface area contributed by atoms with E-state index in [9.17, 15) is 19.1 Å². The van der Waals surface area contributed by atoms with Gasteiger partial charge < -0.3 is 19.5 Å². The van der Waals surface area contributed by atoms with Crippen molar-refractivity contribution >= 4 is 11.9 Å². The van der Waals surface area contributed by atoms with Crippen LogP contribution in [-0.2, 0) is 29.2 Å². The van der Waals surface area contributed by atoms with Crippen LogP contribution in [0.4, 0.5) is 4.39 Å². The number of nitrogens with zero attached hydrogens (tertiary/aromatic N) is 1. The van der Waals surface area contributed by atoms with Crippen molar-refractivity contribution in [2.24, 2.45) is 0 Å². The van der Waals surface area contributed by atoms with Crippen LogP contribution in [-0.4, -0.2) is 27.9 Å². The molecule has 0 aromatic heterocycles. The lowest BCUT2D eigenvalue weighted by molar-refractivity contribution is -0.155. The van der Waals surface area contributed by atoms with Gasteiger partial charge in [-0.3, -0.25) is 4.79 Å². The molecule has 6 nitrogen and oxygen atoms in total. The van der Waals surface area contributed by atoms with E-state index >= 15 is 0 Å². The predicted octanol–water partition coefficient (Wildman–Crippen LogP) is 5.87. The van der Waals surface area contributed by atoms with E-state index < -0.39 is 29.8 Å². The molecule has 1 N–H and O–H groups in total. The van der Waals surface area contributed by atoms with E-state index in [2.05, 4.69) is 0 Å². The summed E-state index contributed by atoms with van der Waals surface area (Å²) >= 11 is 0. The van der Waals surface area contributed by atoms with Gasteiger partial charge in [0.1, 0.15) is 18.4 Å². The minimum atomic E-state index is -1.23. The molecule has 1 aliphatic rings. The van der Waals surface area contributed by atoms with Gasteiger partial charge in [0.05, 0.1) is 0 Å². The highest BCUT2D eigenvalue weighted by Crippen LogP contribution is 2.36. The first-order chi connectivity index (χ1) is 18.9. The third-order valence-electron chi connectivity index (χ3n) is 6.87. The monoisotopic (exact) mass is 525 g/mol. The molecule has 0 radical (unpaired) electrons. The van der Waals surface area contributed by atoms with Gasteiger partial charge in [0.2, 0.25) is 6.10 Å². The van der Waals surface area contributed by atoms with Crippen molar-refractivity contribution in [3.8, 4) is 11.5 Å². The number of aryl methyl sites for hydroxylation is 1. The summed E-state index contributed by atoms with van der Waals surface area (Å²) in [6, 6.07) is 26.9. The second-order valence-electron chi connectivity index (χ2n) is 9.49. The quantitative estimate of drug-likeness (QED) is 0.311. The fourth-order valence-corrected chi connectivity index (χ4v) is 4.84. The van der Waals surface area contributed by atoms with Crippen LogP contribution >= 0.6 is 0 Å². The van der Waals surface area contributed by atoms with E-state index in [4.69, 9.17) is 9.47 Å². The van der Waals surface area contributed by atoms with Crippen LogP contribution in [0.3, 0.4) is 0 Å². The van der Waals surface area contributed by atoms with Gasteiger partial charge in [-0.2, -0.15) is 0 Å². The van der Waals surface area contributed by atoms with E-state index in [0.29, 0.717) is 17.9 Å². The van der Waals surface area contributed by atoms with Crippen LogP contribution < -0.4 is 9.47 Å². The maximum Gasteiger partial charge on any atom is 0.326 e. The Balaban J connectivity index is 1.48. The molecule has 4 aromatic rings. The fourth-order valence-electron chi connectivity index (χ4n) is 4.84. The van der Waals surface area contributed by atoms with Crippen LogP contribution in [0, 0.1) is 12.7 Å². The minimum Gasteiger partial charge on any atom is -0.488 e. The molecule has 4 aromatic carbocycles. The maximum atomic E-state index is 14.5. The number of carbonyl (C=O) groups is 2. The Kier molecular flexibility index (Phi) is 7.59. The first-order valence-electron chi connectivity index (χ1n) is 12.7. The summed E-state index contributed by atoms with van der Waals surface area (Å²) in [5, 5.41) is 10.2. The van der Waals surface area contributed by atoms with Gasteiger partial charge in [0.25, 0.3) is 5.91 Å². The average Bonchev–Trinajstić information content (AvgIpc) is 2.96. The number of halogens is 1. The molecular weight excluding hydrogens is 497 g/mol. The Hall–Kier alpha value is -4.65. The van der Waals surface area contributed by atoms with E-state index in [-0.39, 0.29) is 18.7 Å². The number of carbonyl (C=O) groups excluding carboxylic acids is 1. The minimum absolute atomic E-state index is 0.0527. The molecular formula is C32H28FNO5. The van der Waals surface area contributed by atoms with Crippen molar-refractivity contribution in [1.29, 1.82) is 0 Å². The van der Waals surface area contributed by atoms with Crippen LogP contribution in [0.1, 0.15) is 33.9 Å². The Bertz CT molecular complexity index is 1470. The SMILES string of the molecule is Cc1ccc2c(c1OCc1ccccc1)CC(C(=O)O)N(C(=O)C(Oc1ccccc1F)c1ccccc1)C2. The highest BCUT2D eigenvalue weighted by atomic mass is 19.1. The molecule has 5 rings (SSSR count). The van der Waals surface area contributed by atoms with Crippen molar-refractivity contribution in [3.63, 3.8) is 0 Å². The number of hydrogen-bond donors (Lipinski definition) is 1. The summed E-state index contributed by atoms with van der Waals surface area (Å²) in [4.78, 5) is 27.8. The zero-order chi connectivity index (χ0) is 27.4. The van der Waals surface area contributed by atoms with Gasteiger partial charge in [-0.15, -0.1) is 0 Å². The molecule has 0 bridgehead atoms. The molecule has 1 amide bonds. The lowest BCUT2D eigenvalue weighted by atomic mass is 9.90. The molecule has 0 saturated heterocycles. The summed E-state index contributed by atoms with van der Waals surface area (Å²) in [5.74, 6) is -1.76. The summed E-state index contributed by atoms with van der Waals surface area (Å²) in [6.07, 6.45) is -1.16. The van der Waals surface area contributed by atoms with Crippen molar-refractivity contribution in [1.82, 2.24) is 4.90 Å². The topological polar surface area (TPSA) is 76.1 Å². The van der Waals surface area contributed by atoms with Gasteiger partial charge in [-0.05, 0) is 35.7 Å². The average molecular weight is 526 g/mol. The highest BCUT2D eigenvalue weighted by molar-refractivity contribution is 5.88. The molecule has 39 heavy (non-hydrogen) atoms. The molecule has 1 aliphatic heterocycles. The van der Waals surface area contributed by atoms with Gasteiger partial charge in [0, 0.05) is 24.1 Å². The number of rotatable bonds is 8. The highest BCUT2D eigenvalue weighted by Gasteiger charge is 2.40. The smallest absolute Gasteiger partial charge is 0.326 e. The van der Waals surface area contributed by atoms with Gasteiger partial charge in [-0.25, -0.2) is 9.18 Å². The first-order valence-corrected chi connectivity index (χ1v) is 12.7. The first kappa shape index (κ1) is 26.0. The molecule has 0 spiro atoms. The standard InChI is InChI=1S/C32H28FNO5/c1-21-16-17-24-19-34(27(32(36)37)18-25(24)29(21)38-20-22-10-4-2-5-11-22)31(35)30(23-12-6-3-7-13-23)39-28-15-9-8-14-26(28)33/h2-17,27,30H,18-20H2,1H3,(H,36,37). The van der Waals surface area contributed by atoms with Crippen molar-refractivity contribution in [2.45, 2.75) is 38.6 Å². The van der Waals surface area contributed by atoms with E-state index in [1.54, 1.807) is 36.4 Å². The normalized spacial score (nSPS) is 15.2. The summed E-state index contributed by atoms with van der Waals surface area (Å²) < 4.78 is 26.6. The third kappa shape index (κ3) is 5.62. The number of amides is 1. The molecule has 2 unspecified atom stereocenters. The molecule has 7 heteroatoms. The van der Waals surface area contributed by atoms with Gasteiger partial charge in [0.15, 0.2) is 11.6 Å². The number of carboxylic acids is 1. The molecule has 0 saturated carbocycles. The van der Waals surface area contributed by atoms with Crippen molar-refractivity contribution in [2.75, 3.05) is 0 Å². The number of aliphatic carboxylic acids is 1. The van der Waals surface area contributed by atoms with Crippen LogP contribution in [0.5, 0.6) is 11.5 Å². The second-order valence-corrected chi connectivity index (χ2v) is 9.49. The number of ether oxygens (including phenoxy) is 2. The molecule has 198 valence electrons.